The molecule has 1 unspecified atom stereocenters. The highest BCUT2D eigenvalue weighted by Crippen LogP contribution is 2.25. The maximum atomic E-state index is 11.7. The lowest BCUT2D eigenvalue weighted by atomic mass is 10.1. The normalized spacial score (nSPS) is 21.7. The van der Waals surface area contributed by atoms with Gasteiger partial charge in [-0.3, -0.25) is 9.69 Å². The molecule has 0 aromatic carbocycles. The van der Waals surface area contributed by atoms with Gasteiger partial charge in [0.05, 0.1) is 0 Å². The van der Waals surface area contributed by atoms with Crippen molar-refractivity contribution < 1.29 is 4.79 Å². The van der Waals surface area contributed by atoms with Crippen LogP contribution in [0, 0.1) is 0 Å². The van der Waals surface area contributed by atoms with Crippen molar-refractivity contribution in [3.63, 3.8) is 0 Å². The number of hydrogen-bond donors (Lipinski definition) is 2. The minimum Gasteiger partial charge on any atom is -0.355 e. The fraction of sp³-hybridized carbons (Fsp3) is 0.923. The second-order valence-corrected chi connectivity index (χ2v) is 5.21. The second-order valence-electron chi connectivity index (χ2n) is 5.21. The number of amides is 1. The molecule has 114 valence electrons. The van der Waals surface area contributed by atoms with E-state index in [0.717, 1.165) is 38.6 Å². The number of nitrogens with one attached hydrogen (secondary N) is 2. The standard InChI is InChI=1S/C13H25N3O.2ClH/c1-2-16(12-5-6-12)9-8-15-13(17)10-11-4-3-7-14-11;;/h11-12,14H,2-10H2,1H3,(H,15,17);2*1H. The summed E-state index contributed by atoms with van der Waals surface area (Å²) in [5.74, 6) is 0.205. The van der Waals surface area contributed by atoms with Crippen LogP contribution in [0.2, 0.25) is 0 Å². The Balaban J connectivity index is 0.00000162. The smallest absolute Gasteiger partial charge is 0.221 e. The Kier molecular flexibility index (Phi) is 9.79. The number of rotatable bonds is 7. The maximum Gasteiger partial charge on any atom is 0.221 e. The molecular formula is C13H27Cl2N3O. The van der Waals surface area contributed by atoms with Crippen molar-refractivity contribution in [2.45, 2.75) is 51.1 Å². The first-order valence-corrected chi connectivity index (χ1v) is 7.03. The first-order chi connectivity index (χ1) is 8.29. The average Bonchev–Trinajstić information content (AvgIpc) is 3.03. The van der Waals surface area contributed by atoms with Crippen LogP contribution >= 0.6 is 24.8 Å². The van der Waals surface area contributed by atoms with E-state index in [1.807, 2.05) is 0 Å². The van der Waals surface area contributed by atoms with Crippen LogP contribution in [0.15, 0.2) is 0 Å². The summed E-state index contributed by atoms with van der Waals surface area (Å²) in [4.78, 5) is 14.2. The van der Waals surface area contributed by atoms with Crippen molar-refractivity contribution in [3.05, 3.63) is 0 Å². The summed E-state index contributed by atoms with van der Waals surface area (Å²) in [7, 11) is 0. The number of nitrogens with zero attached hydrogens (tertiary/aromatic N) is 1. The van der Waals surface area contributed by atoms with Crippen LogP contribution < -0.4 is 10.6 Å². The molecule has 2 rings (SSSR count). The minimum absolute atomic E-state index is 0. The average molecular weight is 312 g/mol. The van der Waals surface area contributed by atoms with E-state index in [1.165, 1.54) is 19.3 Å². The molecule has 1 saturated carbocycles. The van der Waals surface area contributed by atoms with E-state index < -0.39 is 0 Å². The lowest BCUT2D eigenvalue weighted by Gasteiger charge is -2.20. The van der Waals surface area contributed by atoms with E-state index in [0.29, 0.717) is 12.5 Å². The second kappa shape index (κ2) is 9.81. The van der Waals surface area contributed by atoms with Crippen LogP contribution in [0.25, 0.3) is 0 Å². The van der Waals surface area contributed by atoms with E-state index in [-0.39, 0.29) is 30.7 Å². The van der Waals surface area contributed by atoms with Crippen LogP contribution in [0.4, 0.5) is 0 Å². The number of halogens is 2. The van der Waals surface area contributed by atoms with Gasteiger partial charge >= 0.3 is 0 Å². The van der Waals surface area contributed by atoms with Gasteiger partial charge in [0.25, 0.3) is 0 Å². The zero-order valence-corrected chi connectivity index (χ0v) is 13.3. The van der Waals surface area contributed by atoms with E-state index in [1.54, 1.807) is 0 Å². The quantitative estimate of drug-likeness (QED) is 0.750. The van der Waals surface area contributed by atoms with E-state index >= 15 is 0 Å². The van der Waals surface area contributed by atoms with Gasteiger partial charge in [0.1, 0.15) is 0 Å². The molecule has 1 atom stereocenters. The largest absolute Gasteiger partial charge is 0.355 e. The van der Waals surface area contributed by atoms with Crippen LogP contribution in [0.3, 0.4) is 0 Å². The Morgan fingerprint density at radius 1 is 1.32 bits per heavy atom. The van der Waals surface area contributed by atoms with E-state index in [9.17, 15) is 4.79 Å². The summed E-state index contributed by atoms with van der Waals surface area (Å²) in [5.41, 5.74) is 0. The molecule has 0 bridgehead atoms. The molecule has 0 radical (unpaired) electrons. The van der Waals surface area contributed by atoms with Gasteiger partial charge in [0.15, 0.2) is 0 Å². The number of hydrogen-bond acceptors (Lipinski definition) is 3. The first kappa shape index (κ1) is 19.0. The van der Waals surface area contributed by atoms with Gasteiger partial charge < -0.3 is 10.6 Å². The molecule has 19 heavy (non-hydrogen) atoms. The lowest BCUT2D eigenvalue weighted by molar-refractivity contribution is -0.121. The molecule has 0 aromatic heterocycles. The molecule has 1 aliphatic carbocycles. The zero-order chi connectivity index (χ0) is 12.1. The Labute approximate surface area is 128 Å². The molecule has 4 nitrogen and oxygen atoms in total. The first-order valence-electron chi connectivity index (χ1n) is 7.03. The van der Waals surface area contributed by atoms with Crippen LogP contribution in [0.5, 0.6) is 0 Å². The molecule has 2 N–H and O–H groups in total. The predicted molar refractivity (Wildman–Crippen MR) is 83.4 cm³/mol. The molecule has 0 aromatic rings. The van der Waals surface area contributed by atoms with Crippen molar-refractivity contribution in [2.24, 2.45) is 0 Å². The summed E-state index contributed by atoms with van der Waals surface area (Å²) in [6, 6.07) is 1.22. The molecular weight excluding hydrogens is 285 g/mol. The van der Waals surface area contributed by atoms with Crippen LogP contribution in [-0.2, 0) is 4.79 Å². The third-order valence-corrected chi connectivity index (χ3v) is 3.78. The zero-order valence-electron chi connectivity index (χ0n) is 11.7. The maximum absolute atomic E-state index is 11.7. The molecule has 2 fully saturated rings. The molecule has 0 spiro atoms. The Morgan fingerprint density at radius 2 is 2.05 bits per heavy atom. The fourth-order valence-corrected chi connectivity index (χ4v) is 2.60. The summed E-state index contributed by atoms with van der Waals surface area (Å²) in [5, 5.41) is 6.39. The van der Waals surface area contributed by atoms with Crippen LogP contribution in [-0.4, -0.2) is 49.1 Å². The molecule has 1 heterocycles. The van der Waals surface area contributed by atoms with Crippen molar-refractivity contribution in [1.29, 1.82) is 0 Å². The number of carbonyl (C=O) groups is 1. The monoisotopic (exact) mass is 311 g/mol. The highest BCUT2D eigenvalue weighted by atomic mass is 35.5. The van der Waals surface area contributed by atoms with E-state index in [4.69, 9.17) is 0 Å². The fourth-order valence-electron chi connectivity index (χ4n) is 2.60. The molecule has 1 amide bonds. The number of carbonyl (C=O) groups excluding carboxylic acids is 1. The SMILES string of the molecule is CCN(CCNC(=O)CC1CCCN1)C1CC1.Cl.Cl. The van der Waals surface area contributed by atoms with Crippen molar-refractivity contribution in [1.82, 2.24) is 15.5 Å². The molecule has 2 aliphatic rings. The van der Waals surface area contributed by atoms with Gasteiger partial charge in [-0.1, -0.05) is 6.92 Å². The Morgan fingerprint density at radius 3 is 2.58 bits per heavy atom. The van der Waals surface area contributed by atoms with Crippen molar-refractivity contribution >= 4 is 30.7 Å². The summed E-state index contributed by atoms with van der Waals surface area (Å²) in [6.07, 6.45) is 5.69. The summed E-state index contributed by atoms with van der Waals surface area (Å²) < 4.78 is 0. The third-order valence-electron chi connectivity index (χ3n) is 3.78. The Bertz CT molecular complexity index is 256. The van der Waals surface area contributed by atoms with Gasteiger partial charge in [-0.05, 0) is 38.8 Å². The van der Waals surface area contributed by atoms with Gasteiger partial charge in [0.2, 0.25) is 5.91 Å². The van der Waals surface area contributed by atoms with Gasteiger partial charge in [-0.15, -0.1) is 24.8 Å². The van der Waals surface area contributed by atoms with Crippen molar-refractivity contribution in [2.75, 3.05) is 26.2 Å². The highest BCUT2D eigenvalue weighted by molar-refractivity contribution is 5.85. The third kappa shape index (κ3) is 6.80. The predicted octanol–water partition coefficient (Wildman–Crippen LogP) is 1.57. The topological polar surface area (TPSA) is 44.4 Å². The Hall–Kier alpha value is -0.0300. The molecule has 1 aliphatic heterocycles. The van der Waals surface area contributed by atoms with Gasteiger partial charge in [0, 0.05) is 31.6 Å². The highest BCUT2D eigenvalue weighted by Gasteiger charge is 2.27. The molecule has 1 saturated heterocycles. The van der Waals surface area contributed by atoms with Crippen LogP contribution in [0.1, 0.15) is 39.0 Å². The minimum atomic E-state index is 0. The van der Waals surface area contributed by atoms with Gasteiger partial charge in [-0.2, -0.15) is 0 Å². The molecule has 6 heteroatoms. The van der Waals surface area contributed by atoms with Gasteiger partial charge in [-0.25, -0.2) is 0 Å². The summed E-state index contributed by atoms with van der Waals surface area (Å²) >= 11 is 0. The summed E-state index contributed by atoms with van der Waals surface area (Å²) in [6.45, 7) is 6.18. The lowest BCUT2D eigenvalue weighted by Crippen LogP contribution is -2.38. The van der Waals surface area contributed by atoms with E-state index in [2.05, 4.69) is 22.5 Å². The van der Waals surface area contributed by atoms with Crippen molar-refractivity contribution in [3.8, 4) is 0 Å². The number of likely N-dealkylation sites (N-methyl/N-ethyl adjacent to an activating group) is 1.